The number of alkyl halides is 3. The molecule has 1 heterocycles. The normalized spacial score (nSPS) is 17.6. The van der Waals surface area contributed by atoms with E-state index in [2.05, 4.69) is 5.32 Å². The summed E-state index contributed by atoms with van der Waals surface area (Å²) in [4.78, 5) is 1.97. The zero-order chi connectivity index (χ0) is 14.0. The first-order chi connectivity index (χ1) is 8.89. The number of piperazine rings is 1. The largest absolute Gasteiger partial charge is 0.416 e. The van der Waals surface area contributed by atoms with Gasteiger partial charge in [-0.15, -0.1) is 24.8 Å². The topological polar surface area (TPSA) is 15.3 Å². The van der Waals surface area contributed by atoms with Crippen molar-refractivity contribution in [2.24, 2.45) is 0 Å². The van der Waals surface area contributed by atoms with E-state index in [1.54, 1.807) is 6.92 Å². The smallest absolute Gasteiger partial charge is 0.314 e. The Labute approximate surface area is 133 Å². The molecule has 0 unspecified atom stereocenters. The van der Waals surface area contributed by atoms with Crippen molar-refractivity contribution < 1.29 is 17.6 Å². The van der Waals surface area contributed by atoms with Gasteiger partial charge in [0.25, 0.3) is 0 Å². The Morgan fingerprint density at radius 3 is 2.24 bits per heavy atom. The number of nitrogens with one attached hydrogen (secondary N) is 1. The lowest BCUT2D eigenvalue weighted by Gasteiger charge is -2.34. The Balaban J connectivity index is 0.00000200. The maximum absolute atomic E-state index is 13.1. The summed E-state index contributed by atoms with van der Waals surface area (Å²) in [7, 11) is 0. The van der Waals surface area contributed by atoms with Crippen LogP contribution in [0.2, 0.25) is 0 Å². The van der Waals surface area contributed by atoms with Crippen LogP contribution in [0.5, 0.6) is 0 Å². The molecule has 1 N–H and O–H groups in total. The zero-order valence-electron chi connectivity index (χ0n) is 11.4. The molecule has 2 nitrogen and oxygen atoms in total. The van der Waals surface area contributed by atoms with Crippen molar-refractivity contribution in [3.8, 4) is 0 Å². The lowest BCUT2D eigenvalue weighted by Crippen LogP contribution is -2.44. The number of hydrogen-bond acceptors (Lipinski definition) is 2. The minimum atomic E-state index is -4.53. The number of benzene rings is 1. The predicted molar refractivity (Wildman–Crippen MR) is 78.8 cm³/mol. The molecule has 122 valence electrons. The van der Waals surface area contributed by atoms with Crippen molar-refractivity contribution in [3.63, 3.8) is 0 Å². The average Bonchev–Trinajstić information content (AvgIpc) is 2.38. The van der Waals surface area contributed by atoms with Crippen LogP contribution in [-0.2, 0) is 6.18 Å². The Morgan fingerprint density at radius 2 is 1.71 bits per heavy atom. The van der Waals surface area contributed by atoms with E-state index in [0.717, 1.165) is 19.2 Å². The number of rotatable bonds is 2. The predicted octanol–water partition coefficient (Wildman–Crippen LogP) is 3.65. The van der Waals surface area contributed by atoms with Gasteiger partial charge in [0.2, 0.25) is 0 Å². The van der Waals surface area contributed by atoms with Crippen molar-refractivity contribution >= 4 is 24.8 Å². The second-order valence-corrected chi connectivity index (χ2v) is 4.69. The molecule has 0 bridgehead atoms. The van der Waals surface area contributed by atoms with Crippen LogP contribution in [0.25, 0.3) is 0 Å². The van der Waals surface area contributed by atoms with Crippen LogP contribution < -0.4 is 5.32 Å². The molecule has 0 aliphatic carbocycles. The highest BCUT2D eigenvalue weighted by atomic mass is 35.5. The first kappa shape index (κ1) is 20.4. The Bertz CT molecular complexity index is 448. The summed E-state index contributed by atoms with van der Waals surface area (Å²) in [6.45, 7) is 4.62. The second kappa shape index (κ2) is 8.17. The number of hydrogen-bond donors (Lipinski definition) is 1. The monoisotopic (exact) mass is 348 g/mol. The summed E-state index contributed by atoms with van der Waals surface area (Å²) in [5.74, 6) is -0.858. The molecule has 2 rings (SSSR count). The van der Waals surface area contributed by atoms with Crippen molar-refractivity contribution in [3.05, 3.63) is 35.1 Å². The maximum Gasteiger partial charge on any atom is 0.416 e. The third kappa shape index (κ3) is 4.98. The molecule has 1 aromatic rings. The van der Waals surface area contributed by atoms with Crippen molar-refractivity contribution in [1.82, 2.24) is 10.2 Å². The van der Waals surface area contributed by atoms with Gasteiger partial charge in [-0.25, -0.2) is 4.39 Å². The molecular formula is C13H18Cl2F4N2. The lowest BCUT2D eigenvalue weighted by molar-refractivity contribution is -0.139. The summed E-state index contributed by atoms with van der Waals surface area (Å²) < 4.78 is 51.9. The van der Waals surface area contributed by atoms with E-state index in [-0.39, 0.29) is 36.4 Å². The van der Waals surface area contributed by atoms with E-state index < -0.39 is 17.6 Å². The van der Waals surface area contributed by atoms with Gasteiger partial charge in [0.05, 0.1) is 5.56 Å². The summed E-state index contributed by atoms with van der Waals surface area (Å²) in [6.07, 6.45) is -4.53. The quantitative estimate of drug-likeness (QED) is 0.820. The van der Waals surface area contributed by atoms with Gasteiger partial charge in [-0.05, 0) is 24.6 Å². The highest BCUT2D eigenvalue weighted by molar-refractivity contribution is 5.85. The Hall–Kier alpha value is -0.560. The van der Waals surface area contributed by atoms with Crippen molar-refractivity contribution in [2.75, 3.05) is 26.2 Å². The lowest BCUT2D eigenvalue weighted by atomic mass is 9.99. The standard InChI is InChI=1S/C13H16F4N2.2ClH/c1-9(19-6-4-18-5-7-19)11-3-2-10(14)8-12(11)13(15,16)17;;/h2-3,8-9,18H,4-7H2,1H3;2*1H/t9-;;/m0../s1. The summed E-state index contributed by atoms with van der Waals surface area (Å²) in [6, 6.07) is 2.53. The molecule has 0 saturated carbocycles. The van der Waals surface area contributed by atoms with Crippen LogP contribution >= 0.6 is 24.8 Å². The molecule has 8 heteroatoms. The molecule has 1 aliphatic rings. The van der Waals surface area contributed by atoms with E-state index in [4.69, 9.17) is 0 Å². The molecule has 0 spiro atoms. The third-order valence-electron chi connectivity index (χ3n) is 3.47. The van der Waals surface area contributed by atoms with Gasteiger partial charge in [0, 0.05) is 32.2 Å². The molecule has 1 atom stereocenters. The van der Waals surface area contributed by atoms with Crippen molar-refractivity contribution in [2.45, 2.75) is 19.1 Å². The molecule has 0 aromatic heterocycles. The van der Waals surface area contributed by atoms with Crippen LogP contribution in [0, 0.1) is 5.82 Å². The van der Waals surface area contributed by atoms with E-state index >= 15 is 0 Å². The van der Waals surface area contributed by atoms with Crippen LogP contribution in [0.1, 0.15) is 24.1 Å². The molecule has 1 saturated heterocycles. The third-order valence-corrected chi connectivity index (χ3v) is 3.47. The van der Waals surface area contributed by atoms with Gasteiger partial charge in [-0.2, -0.15) is 13.2 Å². The first-order valence-electron chi connectivity index (χ1n) is 6.21. The maximum atomic E-state index is 13.1. The average molecular weight is 349 g/mol. The fraction of sp³-hybridized carbons (Fsp3) is 0.538. The highest BCUT2D eigenvalue weighted by Crippen LogP contribution is 2.36. The fourth-order valence-corrected chi connectivity index (χ4v) is 2.40. The minimum absolute atomic E-state index is 0. The van der Waals surface area contributed by atoms with E-state index in [0.29, 0.717) is 19.2 Å². The second-order valence-electron chi connectivity index (χ2n) is 4.69. The van der Waals surface area contributed by atoms with Gasteiger partial charge in [-0.1, -0.05) is 6.07 Å². The summed E-state index contributed by atoms with van der Waals surface area (Å²) >= 11 is 0. The molecule has 1 fully saturated rings. The van der Waals surface area contributed by atoms with Gasteiger partial charge in [0.15, 0.2) is 0 Å². The molecular weight excluding hydrogens is 331 g/mol. The summed E-state index contributed by atoms with van der Waals surface area (Å²) in [5.41, 5.74) is -0.741. The SMILES string of the molecule is C[C@@H](c1ccc(F)cc1C(F)(F)F)N1CCNCC1.Cl.Cl. The number of halogens is 6. The summed E-state index contributed by atoms with van der Waals surface area (Å²) in [5, 5.41) is 3.15. The van der Waals surface area contributed by atoms with Gasteiger partial charge < -0.3 is 5.32 Å². The van der Waals surface area contributed by atoms with Gasteiger partial charge >= 0.3 is 6.18 Å². The van der Waals surface area contributed by atoms with Gasteiger partial charge in [0.1, 0.15) is 5.82 Å². The minimum Gasteiger partial charge on any atom is -0.314 e. The molecule has 0 amide bonds. The first-order valence-corrected chi connectivity index (χ1v) is 6.21. The molecule has 1 aromatic carbocycles. The van der Waals surface area contributed by atoms with Crippen LogP contribution in [-0.4, -0.2) is 31.1 Å². The Morgan fingerprint density at radius 1 is 1.14 bits per heavy atom. The van der Waals surface area contributed by atoms with Gasteiger partial charge in [-0.3, -0.25) is 4.90 Å². The van der Waals surface area contributed by atoms with Crippen LogP contribution in [0.3, 0.4) is 0 Å². The van der Waals surface area contributed by atoms with Crippen LogP contribution in [0.4, 0.5) is 17.6 Å². The van der Waals surface area contributed by atoms with E-state index in [9.17, 15) is 17.6 Å². The number of nitrogens with zero attached hydrogens (tertiary/aromatic N) is 1. The fourth-order valence-electron chi connectivity index (χ4n) is 2.40. The molecule has 0 radical (unpaired) electrons. The van der Waals surface area contributed by atoms with E-state index in [1.165, 1.54) is 6.07 Å². The Kier molecular flexibility index (Phi) is 7.95. The van der Waals surface area contributed by atoms with E-state index in [1.807, 2.05) is 4.90 Å². The molecule has 21 heavy (non-hydrogen) atoms. The highest BCUT2D eigenvalue weighted by Gasteiger charge is 2.36. The molecule has 1 aliphatic heterocycles. The zero-order valence-corrected chi connectivity index (χ0v) is 13.0. The van der Waals surface area contributed by atoms with Crippen LogP contribution in [0.15, 0.2) is 18.2 Å². The van der Waals surface area contributed by atoms with Crippen molar-refractivity contribution in [1.29, 1.82) is 0 Å².